The predicted molar refractivity (Wildman–Crippen MR) is 78.2 cm³/mol. The molecule has 1 aliphatic rings. The molecule has 1 N–H and O–H groups in total. The van der Waals surface area contributed by atoms with Crippen LogP contribution in [0.1, 0.15) is 24.8 Å². The minimum absolute atomic E-state index is 0.611. The number of hydrogen-bond donors (Lipinski definition) is 1. The molecule has 17 heavy (non-hydrogen) atoms. The van der Waals surface area contributed by atoms with Crippen molar-refractivity contribution in [2.45, 2.75) is 37.1 Å². The van der Waals surface area contributed by atoms with Crippen LogP contribution in [0.5, 0.6) is 0 Å². The molecule has 0 amide bonds. The first-order valence-corrected chi connectivity index (χ1v) is 7.94. The summed E-state index contributed by atoms with van der Waals surface area (Å²) in [5, 5.41) is 5.88. The fourth-order valence-corrected chi connectivity index (χ4v) is 3.61. The van der Waals surface area contributed by atoms with E-state index in [1.54, 1.807) is 0 Å². The third-order valence-electron chi connectivity index (χ3n) is 3.35. The summed E-state index contributed by atoms with van der Waals surface area (Å²) < 4.78 is 0. The topological polar surface area (TPSA) is 12.0 Å². The predicted octanol–water partition coefficient (Wildman–Crippen LogP) is 4.37. The first-order chi connectivity index (χ1) is 8.20. The Hall–Kier alpha value is 0.110. The third kappa shape index (κ3) is 3.54. The summed E-state index contributed by atoms with van der Waals surface area (Å²) in [5.74, 6) is 0. The zero-order valence-corrected chi connectivity index (χ0v) is 12.2. The lowest BCUT2D eigenvalue weighted by molar-refractivity contribution is 0.525. The number of hydrogen-bond acceptors (Lipinski definition) is 2. The van der Waals surface area contributed by atoms with Gasteiger partial charge in [0.25, 0.3) is 0 Å². The molecule has 0 aromatic heterocycles. The van der Waals surface area contributed by atoms with Gasteiger partial charge in [0.1, 0.15) is 0 Å². The van der Waals surface area contributed by atoms with Crippen molar-refractivity contribution in [2.24, 2.45) is 0 Å². The van der Waals surface area contributed by atoms with Gasteiger partial charge in [-0.3, -0.25) is 0 Å². The number of thioether (sulfide) groups is 1. The fourth-order valence-electron chi connectivity index (χ4n) is 2.29. The highest BCUT2D eigenvalue weighted by molar-refractivity contribution is 7.99. The number of nitrogens with one attached hydrogen (secondary N) is 1. The molecule has 1 saturated carbocycles. The molecular weight excluding hydrogens is 273 g/mol. The molecule has 0 aliphatic heterocycles. The molecule has 2 unspecified atom stereocenters. The van der Waals surface area contributed by atoms with Gasteiger partial charge in [0.15, 0.2) is 0 Å². The Labute approximate surface area is 117 Å². The molecule has 0 bridgehead atoms. The number of halogens is 2. The summed E-state index contributed by atoms with van der Waals surface area (Å²) in [6.07, 6.45) is 6.02. The van der Waals surface area contributed by atoms with Gasteiger partial charge < -0.3 is 5.32 Å². The second-order valence-electron chi connectivity index (χ2n) is 4.45. The van der Waals surface area contributed by atoms with E-state index in [1.807, 2.05) is 30.0 Å². The maximum absolute atomic E-state index is 6.14. The second-order valence-corrected chi connectivity index (χ2v) is 6.40. The summed E-state index contributed by atoms with van der Waals surface area (Å²) in [5.41, 5.74) is 1.02. The van der Waals surface area contributed by atoms with Crippen molar-refractivity contribution >= 4 is 35.0 Å². The summed E-state index contributed by atoms with van der Waals surface area (Å²) in [7, 11) is 0. The molecule has 1 fully saturated rings. The van der Waals surface area contributed by atoms with Crippen LogP contribution in [0.25, 0.3) is 0 Å². The molecule has 94 valence electrons. The van der Waals surface area contributed by atoms with Crippen molar-refractivity contribution in [3.63, 3.8) is 0 Å². The molecule has 0 spiro atoms. The zero-order chi connectivity index (χ0) is 12.3. The van der Waals surface area contributed by atoms with E-state index in [0.29, 0.717) is 6.04 Å². The summed E-state index contributed by atoms with van der Waals surface area (Å²) in [6.45, 7) is 0.768. The fraction of sp³-hybridized carbons (Fsp3) is 0.538. The Morgan fingerprint density at radius 2 is 2.00 bits per heavy atom. The van der Waals surface area contributed by atoms with Crippen LogP contribution in [-0.4, -0.2) is 17.5 Å². The molecule has 1 aromatic rings. The summed E-state index contributed by atoms with van der Waals surface area (Å²) in [4.78, 5) is 0. The van der Waals surface area contributed by atoms with Crippen LogP contribution in [-0.2, 0) is 6.54 Å². The molecule has 1 aromatic carbocycles. The van der Waals surface area contributed by atoms with Crippen molar-refractivity contribution in [3.8, 4) is 0 Å². The highest BCUT2D eigenvalue weighted by Gasteiger charge is 2.23. The van der Waals surface area contributed by atoms with E-state index in [-0.39, 0.29) is 0 Å². The molecule has 1 nitrogen and oxygen atoms in total. The SMILES string of the molecule is CSC1CCC(NCc2c(Cl)cccc2Cl)C1. The van der Waals surface area contributed by atoms with Gasteiger partial charge in [0, 0.05) is 33.4 Å². The lowest BCUT2D eigenvalue weighted by atomic mass is 10.2. The minimum atomic E-state index is 0.611. The van der Waals surface area contributed by atoms with Gasteiger partial charge in [-0.1, -0.05) is 29.3 Å². The van der Waals surface area contributed by atoms with E-state index in [0.717, 1.165) is 27.4 Å². The first-order valence-electron chi connectivity index (χ1n) is 5.89. The third-order valence-corrected chi connectivity index (χ3v) is 5.15. The second kappa shape index (κ2) is 6.33. The molecule has 1 aliphatic carbocycles. The highest BCUT2D eigenvalue weighted by atomic mass is 35.5. The Balaban J connectivity index is 1.90. The summed E-state index contributed by atoms with van der Waals surface area (Å²) in [6, 6.07) is 6.28. The van der Waals surface area contributed by atoms with Crippen LogP contribution >= 0.6 is 35.0 Å². The van der Waals surface area contributed by atoms with E-state index in [9.17, 15) is 0 Å². The van der Waals surface area contributed by atoms with E-state index in [1.165, 1.54) is 19.3 Å². The van der Waals surface area contributed by atoms with Gasteiger partial charge >= 0.3 is 0 Å². The van der Waals surface area contributed by atoms with E-state index >= 15 is 0 Å². The normalized spacial score (nSPS) is 24.2. The van der Waals surface area contributed by atoms with Gasteiger partial charge in [-0.15, -0.1) is 0 Å². The molecule has 2 atom stereocenters. The van der Waals surface area contributed by atoms with Gasteiger partial charge in [0.05, 0.1) is 0 Å². The van der Waals surface area contributed by atoms with Crippen molar-refractivity contribution in [1.29, 1.82) is 0 Å². The minimum Gasteiger partial charge on any atom is -0.310 e. The van der Waals surface area contributed by atoms with Gasteiger partial charge in [-0.05, 0) is 37.7 Å². The Kier molecular flexibility index (Phi) is 5.04. The standard InChI is InChI=1S/C13H17Cl2NS/c1-17-10-6-5-9(7-10)16-8-11-12(14)3-2-4-13(11)15/h2-4,9-10,16H,5-8H2,1H3. The molecule has 2 rings (SSSR count). The van der Waals surface area contributed by atoms with Crippen LogP contribution in [0, 0.1) is 0 Å². The largest absolute Gasteiger partial charge is 0.310 e. The van der Waals surface area contributed by atoms with Crippen LogP contribution in [0.2, 0.25) is 10.0 Å². The van der Waals surface area contributed by atoms with Crippen LogP contribution in [0.3, 0.4) is 0 Å². The monoisotopic (exact) mass is 289 g/mol. The van der Waals surface area contributed by atoms with Crippen LogP contribution in [0.4, 0.5) is 0 Å². The maximum Gasteiger partial charge on any atom is 0.0465 e. The zero-order valence-electron chi connectivity index (χ0n) is 9.88. The molecule has 4 heteroatoms. The maximum atomic E-state index is 6.14. The van der Waals surface area contributed by atoms with Crippen molar-refractivity contribution in [2.75, 3.05) is 6.26 Å². The quantitative estimate of drug-likeness (QED) is 0.884. The average Bonchev–Trinajstić information content (AvgIpc) is 2.76. The lowest BCUT2D eigenvalue weighted by Crippen LogP contribution is -2.26. The van der Waals surface area contributed by atoms with Gasteiger partial charge in [-0.25, -0.2) is 0 Å². The molecule has 0 saturated heterocycles. The van der Waals surface area contributed by atoms with E-state index < -0.39 is 0 Å². The Bertz CT molecular complexity index is 363. The average molecular weight is 290 g/mol. The van der Waals surface area contributed by atoms with Gasteiger partial charge in [-0.2, -0.15) is 11.8 Å². The smallest absolute Gasteiger partial charge is 0.0465 e. The lowest BCUT2D eigenvalue weighted by Gasteiger charge is -2.14. The molecule has 0 radical (unpaired) electrons. The summed E-state index contributed by atoms with van der Waals surface area (Å²) >= 11 is 14.3. The van der Waals surface area contributed by atoms with E-state index in [2.05, 4.69) is 11.6 Å². The van der Waals surface area contributed by atoms with Crippen LogP contribution < -0.4 is 5.32 Å². The van der Waals surface area contributed by atoms with E-state index in [4.69, 9.17) is 23.2 Å². The van der Waals surface area contributed by atoms with Gasteiger partial charge in [0.2, 0.25) is 0 Å². The molecule has 0 heterocycles. The number of rotatable bonds is 4. The number of benzene rings is 1. The first kappa shape index (κ1) is 13.5. The Morgan fingerprint density at radius 1 is 1.29 bits per heavy atom. The Morgan fingerprint density at radius 3 is 2.59 bits per heavy atom. The van der Waals surface area contributed by atoms with Crippen molar-refractivity contribution in [3.05, 3.63) is 33.8 Å². The van der Waals surface area contributed by atoms with Crippen molar-refractivity contribution < 1.29 is 0 Å². The van der Waals surface area contributed by atoms with Crippen molar-refractivity contribution in [1.82, 2.24) is 5.32 Å². The molecular formula is C13H17Cl2NS. The van der Waals surface area contributed by atoms with Crippen LogP contribution in [0.15, 0.2) is 18.2 Å². The highest BCUT2D eigenvalue weighted by Crippen LogP contribution is 2.29.